The molecule has 0 spiro atoms. The maximum Gasteiger partial charge on any atom is 0.475 e. The van der Waals surface area contributed by atoms with E-state index in [-0.39, 0.29) is 65.1 Å². The molecule has 30 nitrogen and oxygen atoms in total. The highest BCUT2D eigenvalue weighted by molar-refractivity contribution is 7.48. The van der Waals surface area contributed by atoms with Crippen LogP contribution in [-0.4, -0.2) is 205 Å². The Morgan fingerprint density at radius 2 is 0.739 bits per heavy atom. The van der Waals surface area contributed by atoms with Crippen LogP contribution in [0, 0.1) is 5.41 Å². The topological polar surface area (TPSA) is 380 Å². The van der Waals surface area contributed by atoms with Gasteiger partial charge in [-0.2, -0.15) is 0 Å². The van der Waals surface area contributed by atoms with Gasteiger partial charge in [0.1, 0.15) is 19.3 Å². The van der Waals surface area contributed by atoms with Crippen LogP contribution in [0.25, 0.3) is 0 Å². The van der Waals surface area contributed by atoms with E-state index in [1.807, 2.05) is 0 Å². The van der Waals surface area contributed by atoms with Crippen LogP contribution < -0.4 is 0 Å². The summed E-state index contributed by atoms with van der Waals surface area (Å²) in [6, 6.07) is 0. The molecule has 0 bridgehead atoms. The van der Waals surface area contributed by atoms with Gasteiger partial charge in [0, 0.05) is 7.11 Å². The molecule has 0 radical (unpaired) electrons. The van der Waals surface area contributed by atoms with Gasteiger partial charge in [-0.3, -0.25) is 51.4 Å². The summed E-state index contributed by atoms with van der Waals surface area (Å²) in [7, 11) is -8.43. The van der Waals surface area contributed by atoms with Crippen molar-refractivity contribution < 1.29 is 141 Å². The van der Waals surface area contributed by atoms with Gasteiger partial charge in [0.25, 0.3) is 0 Å². The predicted molar refractivity (Wildman–Crippen MR) is 225 cm³/mol. The molecule has 404 valence electrons. The van der Waals surface area contributed by atoms with Crippen molar-refractivity contribution in [2.75, 3.05) is 142 Å². The van der Waals surface area contributed by atoms with Crippen molar-refractivity contribution >= 4 is 59.3 Å². The average molecular weight is 1070 g/mol. The molecule has 69 heavy (non-hydrogen) atoms. The molecular formula is C36H65O30P3. The highest BCUT2D eigenvalue weighted by Gasteiger charge is 2.44. The first kappa shape index (κ1) is 65.9. The molecule has 0 heterocycles. The van der Waals surface area contributed by atoms with Gasteiger partial charge in [-0.15, -0.1) is 0 Å². The number of ether oxygens (including phenoxy) is 12. The van der Waals surface area contributed by atoms with Crippen LogP contribution in [0.2, 0.25) is 0 Å². The molecule has 0 aromatic rings. The maximum absolute atomic E-state index is 13.6. The third-order valence-electron chi connectivity index (χ3n) is 8.33. The smallest absolute Gasteiger partial charge is 0.469 e. The van der Waals surface area contributed by atoms with Gasteiger partial charge in [0.05, 0.1) is 166 Å². The minimum Gasteiger partial charge on any atom is -0.469 e. The van der Waals surface area contributed by atoms with Crippen molar-refractivity contribution in [3.8, 4) is 0 Å². The van der Waals surface area contributed by atoms with E-state index < -0.39 is 142 Å². The number of esters is 6. The SMILES string of the molecule is COC(=O)CCOCC(COCCC(=O)OC)(COCCC(=O)OC)COP(=O)(O)OCC(COP(=O)(O)OC(COCCC(=O)OC)(COCCC(=O)OC)OCCC(=O)OC)OP(=O)(O)OC. The lowest BCUT2D eigenvalue weighted by atomic mass is 9.92. The van der Waals surface area contributed by atoms with Crippen molar-refractivity contribution in [2.24, 2.45) is 5.41 Å². The van der Waals surface area contributed by atoms with E-state index in [4.69, 9.17) is 51.0 Å². The number of phosphoric ester groups is 3. The molecule has 0 fully saturated rings. The van der Waals surface area contributed by atoms with Gasteiger partial charge in [-0.05, 0) is 0 Å². The summed E-state index contributed by atoms with van der Waals surface area (Å²) in [5.74, 6) is -6.57. The lowest BCUT2D eigenvalue weighted by molar-refractivity contribution is -0.248. The Balaban J connectivity index is 6.57. The minimum atomic E-state index is -5.55. The molecule has 0 aliphatic carbocycles. The minimum absolute atomic E-state index is 0.216. The molecule has 0 saturated heterocycles. The number of hydrogen-bond donors (Lipinski definition) is 3. The third-order valence-corrected chi connectivity index (χ3v) is 11.3. The molecule has 0 aliphatic rings. The van der Waals surface area contributed by atoms with E-state index in [1.54, 1.807) is 0 Å². The van der Waals surface area contributed by atoms with Crippen molar-refractivity contribution in [3.05, 3.63) is 0 Å². The van der Waals surface area contributed by atoms with Gasteiger partial charge in [0.15, 0.2) is 0 Å². The van der Waals surface area contributed by atoms with Crippen molar-refractivity contribution in [3.63, 3.8) is 0 Å². The zero-order chi connectivity index (χ0) is 52.4. The Bertz CT molecular complexity index is 1590. The van der Waals surface area contributed by atoms with Gasteiger partial charge in [0.2, 0.25) is 5.79 Å². The fraction of sp³-hybridized carbons (Fsp3) is 0.833. The summed E-state index contributed by atoms with van der Waals surface area (Å²) < 4.78 is 130. The first-order chi connectivity index (χ1) is 32.5. The van der Waals surface area contributed by atoms with E-state index in [0.29, 0.717) is 0 Å². The number of phosphoric acid groups is 3. The first-order valence-electron chi connectivity index (χ1n) is 20.3. The number of rotatable bonds is 43. The first-order valence-corrected chi connectivity index (χ1v) is 24.8. The average Bonchev–Trinajstić information content (AvgIpc) is 3.32. The fourth-order valence-corrected chi connectivity index (χ4v) is 7.11. The number of hydrogen-bond acceptors (Lipinski definition) is 27. The lowest BCUT2D eigenvalue weighted by Crippen LogP contribution is -2.46. The molecule has 0 amide bonds. The quantitative estimate of drug-likeness (QED) is 0.0247. The Hall–Kier alpha value is -3.09. The second-order valence-electron chi connectivity index (χ2n) is 13.8. The molecule has 0 rings (SSSR count). The Labute approximate surface area is 398 Å². The van der Waals surface area contributed by atoms with Crippen molar-refractivity contribution in [1.29, 1.82) is 0 Å². The molecule has 3 N–H and O–H groups in total. The Morgan fingerprint density at radius 3 is 1.07 bits per heavy atom. The number of methoxy groups -OCH3 is 6. The van der Waals surface area contributed by atoms with Gasteiger partial charge >= 0.3 is 59.3 Å². The molecule has 0 saturated carbocycles. The van der Waals surface area contributed by atoms with E-state index in [1.165, 1.54) is 0 Å². The molecule has 0 aliphatic heterocycles. The Morgan fingerprint density at radius 1 is 0.420 bits per heavy atom. The lowest BCUT2D eigenvalue weighted by Gasteiger charge is -2.34. The molecule has 0 aromatic carbocycles. The highest BCUT2D eigenvalue weighted by atomic mass is 31.2. The van der Waals surface area contributed by atoms with Gasteiger partial charge in [-0.1, -0.05) is 0 Å². The molecule has 0 aromatic heterocycles. The number of carbonyl (C=O) groups is 6. The van der Waals surface area contributed by atoms with Crippen LogP contribution in [0.1, 0.15) is 38.5 Å². The van der Waals surface area contributed by atoms with Crippen LogP contribution in [0.15, 0.2) is 0 Å². The second kappa shape index (κ2) is 35.9. The van der Waals surface area contributed by atoms with Crippen LogP contribution in [0.5, 0.6) is 0 Å². The molecule has 4 atom stereocenters. The molecular weight excluding hydrogens is 1010 g/mol. The monoisotopic (exact) mass is 1070 g/mol. The highest BCUT2D eigenvalue weighted by Crippen LogP contribution is 2.51. The summed E-state index contributed by atoms with van der Waals surface area (Å²) in [6.45, 7) is -8.13. The molecule has 4 unspecified atom stereocenters. The molecule has 33 heteroatoms. The third kappa shape index (κ3) is 32.5. The fourth-order valence-electron chi connectivity index (χ4n) is 4.67. The summed E-state index contributed by atoms with van der Waals surface area (Å²) in [6.07, 6.45) is -3.76. The van der Waals surface area contributed by atoms with Crippen molar-refractivity contribution in [2.45, 2.75) is 50.4 Å². The van der Waals surface area contributed by atoms with E-state index in [2.05, 4.69) is 32.9 Å². The number of carbonyl (C=O) groups excluding carboxylic acids is 6. The zero-order valence-corrected chi connectivity index (χ0v) is 42.1. The summed E-state index contributed by atoms with van der Waals surface area (Å²) >= 11 is 0. The zero-order valence-electron chi connectivity index (χ0n) is 39.4. The maximum atomic E-state index is 13.6. The van der Waals surface area contributed by atoms with Crippen LogP contribution in [-0.2, 0) is 126 Å². The van der Waals surface area contributed by atoms with E-state index in [9.17, 15) is 57.1 Å². The van der Waals surface area contributed by atoms with Gasteiger partial charge < -0.3 is 71.5 Å². The second-order valence-corrected chi connectivity index (χ2v) is 18.1. The van der Waals surface area contributed by atoms with Crippen LogP contribution in [0.3, 0.4) is 0 Å². The van der Waals surface area contributed by atoms with Crippen LogP contribution >= 0.6 is 23.5 Å². The summed E-state index contributed by atoms with van der Waals surface area (Å²) in [5.41, 5.74) is -1.56. The Kier molecular flexibility index (Phi) is 34.3. The van der Waals surface area contributed by atoms with Crippen LogP contribution in [0.4, 0.5) is 0 Å². The van der Waals surface area contributed by atoms with E-state index in [0.717, 1.165) is 49.8 Å². The van der Waals surface area contributed by atoms with Gasteiger partial charge in [-0.25, -0.2) is 18.2 Å². The normalized spacial score (nSPS) is 14.9. The summed E-state index contributed by atoms with van der Waals surface area (Å²) in [4.78, 5) is 102. The summed E-state index contributed by atoms with van der Waals surface area (Å²) in [5, 5.41) is 0. The largest absolute Gasteiger partial charge is 0.475 e. The standard InChI is InChI=1S/C36H65O30P3/c1-49-29(37)8-14-56-22-35(23-57-15-9-30(38)50-2,24-58-16-10-31(39)51-3)25-64-68(45,46)62-20-28(65-67(43,44)55-7)21-63-69(47,48)66-36(61-19-13-34(42)54-6,26-59-17-11-32(40)52-4)27-60-18-12-33(41)53-5/h28H,8-27H2,1-7H3,(H,43,44)(H,45,46)(H,47,48). The predicted octanol–water partition coefficient (Wildman–Crippen LogP) is 0.547. The van der Waals surface area contributed by atoms with Crippen molar-refractivity contribution in [1.82, 2.24) is 0 Å². The van der Waals surface area contributed by atoms with E-state index >= 15 is 0 Å².